The number of nitrogen functional groups attached to an aromatic ring is 1. The van der Waals surface area contributed by atoms with Gasteiger partial charge in [-0.2, -0.15) is 0 Å². The third kappa shape index (κ3) is 6.94. The summed E-state index contributed by atoms with van der Waals surface area (Å²) in [6, 6.07) is 13.8. The molecule has 3 N–H and O–H groups in total. The number of H-pyrrole nitrogens is 1. The third-order valence-corrected chi connectivity index (χ3v) is 3.29. The van der Waals surface area contributed by atoms with Gasteiger partial charge in [0.2, 0.25) is 5.69 Å². The van der Waals surface area contributed by atoms with Crippen LogP contribution in [0, 0.1) is 0 Å². The first-order valence-corrected chi connectivity index (χ1v) is 8.06. The lowest BCUT2D eigenvalue weighted by atomic mass is 10.2. The zero-order valence-electron chi connectivity index (χ0n) is 10.9. The summed E-state index contributed by atoms with van der Waals surface area (Å²) >= 11 is 3.84. The smallest absolute Gasteiger partial charge is 0.203 e. The number of aromatic amines is 1. The largest absolute Gasteiger partial charge is 0.399 e. The van der Waals surface area contributed by atoms with Crippen molar-refractivity contribution in [3.63, 3.8) is 0 Å². The molecule has 0 bridgehead atoms. The SMILES string of the molecule is CCSS.Nc1ccc(/C=C/c2cccc[nH+]2)cc1. The minimum absolute atomic E-state index is 0.790. The highest BCUT2D eigenvalue weighted by Crippen LogP contribution is 2.08. The first kappa shape index (κ1) is 15.7. The molecule has 4 heteroatoms. The van der Waals surface area contributed by atoms with Crippen molar-refractivity contribution in [1.29, 1.82) is 0 Å². The second-order valence-corrected chi connectivity index (χ2v) is 5.35. The fraction of sp³-hybridized carbons (Fsp3) is 0.133. The van der Waals surface area contributed by atoms with E-state index in [1.165, 1.54) is 0 Å². The van der Waals surface area contributed by atoms with E-state index in [1.54, 1.807) is 10.8 Å². The Morgan fingerprint density at radius 2 is 1.84 bits per heavy atom. The Labute approximate surface area is 124 Å². The Bertz CT molecular complexity index is 479. The van der Waals surface area contributed by atoms with Crippen LogP contribution in [0.3, 0.4) is 0 Å². The minimum atomic E-state index is 0.790. The molecule has 0 spiro atoms. The predicted octanol–water partition coefficient (Wildman–Crippen LogP) is 3.84. The third-order valence-electron chi connectivity index (χ3n) is 2.25. The molecule has 2 rings (SSSR count). The fourth-order valence-electron chi connectivity index (χ4n) is 1.30. The molecule has 0 aliphatic rings. The van der Waals surface area contributed by atoms with Crippen molar-refractivity contribution in [2.45, 2.75) is 6.92 Å². The minimum Gasteiger partial charge on any atom is -0.399 e. The molecule has 0 aliphatic carbocycles. The first-order chi connectivity index (χ1) is 9.26. The number of hydrogen-bond donors (Lipinski definition) is 2. The van der Waals surface area contributed by atoms with Crippen molar-refractivity contribution in [2.24, 2.45) is 0 Å². The summed E-state index contributed by atoms with van der Waals surface area (Å²) in [5.41, 5.74) is 8.61. The Balaban J connectivity index is 0.000000399. The average molecular weight is 291 g/mol. The summed E-state index contributed by atoms with van der Waals surface area (Å²) in [6.45, 7) is 2.07. The van der Waals surface area contributed by atoms with E-state index in [2.05, 4.69) is 23.6 Å². The molecule has 100 valence electrons. The lowest BCUT2D eigenvalue weighted by Crippen LogP contribution is -2.03. The zero-order chi connectivity index (χ0) is 13.9. The molecule has 19 heavy (non-hydrogen) atoms. The molecular formula is C15H19N2S2+. The van der Waals surface area contributed by atoms with Gasteiger partial charge in [0.25, 0.3) is 0 Å². The van der Waals surface area contributed by atoms with E-state index in [1.807, 2.05) is 60.8 Å². The van der Waals surface area contributed by atoms with Crippen LogP contribution >= 0.6 is 22.5 Å². The zero-order valence-corrected chi connectivity index (χ0v) is 12.6. The van der Waals surface area contributed by atoms with Crippen molar-refractivity contribution in [1.82, 2.24) is 0 Å². The first-order valence-electron chi connectivity index (χ1n) is 6.03. The highest BCUT2D eigenvalue weighted by atomic mass is 33.1. The summed E-state index contributed by atoms with van der Waals surface area (Å²) in [4.78, 5) is 3.14. The molecule has 0 saturated heterocycles. The van der Waals surface area contributed by atoms with Gasteiger partial charge in [-0.1, -0.05) is 29.9 Å². The molecule has 0 fully saturated rings. The van der Waals surface area contributed by atoms with Crippen LogP contribution in [0.15, 0.2) is 48.7 Å². The molecule has 1 aromatic heterocycles. The van der Waals surface area contributed by atoms with Crippen molar-refractivity contribution < 1.29 is 4.98 Å². The Kier molecular flexibility index (Phi) is 7.86. The number of pyridine rings is 1. The number of thiol groups is 1. The Hall–Kier alpha value is -1.39. The monoisotopic (exact) mass is 291 g/mol. The Morgan fingerprint density at radius 1 is 1.16 bits per heavy atom. The molecular weight excluding hydrogens is 272 g/mol. The van der Waals surface area contributed by atoms with Crippen molar-refractivity contribution >= 4 is 40.3 Å². The predicted molar refractivity (Wildman–Crippen MR) is 89.9 cm³/mol. The van der Waals surface area contributed by atoms with Gasteiger partial charge >= 0.3 is 0 Å². The van der Waals surface area contributed by atoms with E-state index >= 15 is 0 Å². The fourth-order valence-corrected chi connectivity index (χ4v) is 1.30. The van der Waals surface area contributed by atoms with Gasteiger partial charge < -0.3 is 5.73 Å². The summed E-state index contributed by atoms with van der Waals surface area (Å²) < 4.78 is 0. The molecule has 2 aromatic rings. The standard InChI is InChI=1S/C13H12N2.C2H6S2/c14-12-7-4-11(5-8-12)6-9-13-3-1-2-10-15-13;1-2-4-3/h1-10H,14H2;3H,2H2,1H3/p+1/b9-6+;. The summed E-state index contributed by atoms with van der Waals surface area (Å²) in [7, 11) is 1.55. The van der Waals surface area contributed by atoms with Gasteiger partial charge in [0.05, 0.1) is 0 Å². The number of rotatable bonds is 3. The maximum Gasteiger partial charge on any atom is 0.203 e. The molecule has 0 atom stereocenters. The highest BCUT2D eigenvalue weighted by Gasteiger charge is 1.92. The molecule has 2 nitrogen and oxygen atoms in total. The number of hydrogen-bond acceptors (Lipinski definition) is 3. The van der Waals surface area contributed by atoms with Crippen LogP contribution in [0.5, 0.6) is 0 Å². The maximum atomic E-state index is 5.60. The van der Waals surface area contributed by atoms with Crippen LogP contribution in [0.4, 0.5) is 5.69 Å². The van der Waals surface area contributed by atoms with Crippen LogP contribution in [0.25, 0.3) is 12.2 Å². The van der Waals surface area contributed by atoms with Crippen LogP contribution in [-0.4, -0.2) is 5.75 Å². The highest BCUT2D eigenvalue weighted by molar-refractivity contribution is 8.68. The second-order valence-electron chi connectivity index (χ2n) is 3.74. The van der Waals surface area contributed by atoms with Gasteiger partial charge in [-0.25, -0.2) is 4.98 Å². The van der Waals surface area contributed by atoms with Crippen LogP contribution < -0.4 is 10.7 Å². The number of nitrogens with one attached hydrogen (secondary N) is 1. The number of anilines is 1. The molecule has 0 radical (unpaired) electrons. The maximum absolute atomic E-state index is 5.60. The summed E-state index contributed by atoms with van der Waals surface area (Å²) in [6.07, 6.45) is 5.99. The van der Waals surface area contributed by atoms with Gasteiger partial charge in [0, 0.05) is 29.6 Å². The van der Waals surface area contributed by atoms with Crippen LogP contribution in [0.1, 0.15) is 18.2 Å². The molecule has 1 heterocycles. The molecule has 1 aromatic carbocycles. The van der Waals surface area contributed by atoms with Crippen molar-refractivity contribution in [3.8, 4) is 0 Å². The number of aromatic nitrogens is 1. The van der Waals surface area contributed by atoms with Crippen LogP contribution in [-0.2, 0) is 0 Å². The van der Waals surface area contributed by atoms with Gasteiger partial charge in [-0.3, -0.25) is 0 Å². The number of benzene rings is 1. The lowest BCUT2D eigenvalue weighted by Gasteiger charge is -1.93. The van der Waals surface area contributed by atoms with Crippen molar-refractivity contribution in [3.05, 3.63) is 59.9 Å². The van der Waals surface area contributed by atoms with Gasteiger partial charge in [0.15, 0.2) is 6.20 Å². The summed E-state index contributed by atoms with van der Waals surface area (Å²) in [5, 5.41) is 0. The Morgan fingerprint density at radius 3 is 2.37 bits per heavy atom. The second kappa shape index (κ2) is 9.53. The van der Waals surface area contributed by atoms with Crippen molar-refractivity contribution in [2.75, 3.05) is 11.5 Å². The van der Waals surface area contributed by atoms with E-state index in [0.29, 0.717) is 0 Å². The molecule has 0 unspecified atom stereocenters. The molecule has 0 amide bonds. The van der Waals surface area contributed by atoms with E-state index < -0.39 is 0 Å². The van der Waals surface area contributed by atoms with Gasteiger partial charge in [-0.15, -0.1) is 11.7 Å². The van der Waals surface area contributed by atoms with Crippen LogP contribution in [0.2, 0.25) is 0 Å². The molecule has 0 saturated carbocycles. The summed E-state index contributed by atoms with van der Waals surface area (Å²) in [5.74, 6) is 1.10. The van der Waals surface area contributed by atoms with E-state index in [-0.39, 0.29) is 0 Å². The topological polar surface area (TPSA) is 40.2 Å². The number of nitrogens with two attached hydrogens (primary N) is 1. The van der Waals surface area contributed by atoms with E-state index in [4.69, 9.17) is 5.73 Å². The quantitative estimate of drug-likeness (QED) is 0.512. The normalized spacial score (nSPS) is 10.0. The van der Waals surface area contributed by atoms with Gasteiger partial charge in [0.1, 0.15) is 0 Å². The molecule has 0 aliphatic heterocycles. The lowest BCUT2D eigenvalue weighted by molar-refractivity contribution is -0.380. The van der Waals surface area contributed by atoms with Gasteiger partial charge in [-0.05, 0) is 29.8 Å². The van der Waals surface area contributed by atoms with E-state index in [0.717, 1.165) is 22.7 Å². The van der Waals surface area contributed by atoms with E-state index in [9.17, 15) is 0 Å². The average Bonchev–Trinajstić information content (AvgIpc) is 2.48.